The largest absolute Gasteiger partial charge is 0.486 e. The van der Waals surface area contributed by atoms with E-state index < -0.39 is 0 Å². The molecule has 0 saturated carbocycles. The van der Waals surface area contributed by atoms with Gasteiger partial charge in [-0.15, -0.1) is 0 Å². The van der Waals surface area contributed by atoms with E-state index in [0.717, 1.165) is 18.8 Å². The fraction of sp³-hybridized carbons (Fsp3) is 0.364. The second kappa shape index (κ2) is 7.49. The van der Waals surface area contributed by atoms with Gasteiger partial charge in [-0.05, 0) is 18.7 Å². The number of aromatic nitrogens is 1. The van der Waals surface area contributed by atoms with E-state index in [-0.39, 0.29) is 6.61 Å². The highest BCUT2D eigenvalue weighted by atomic mass is 35.5. The smallest absolute Gasteiger partial charge is 0.138 e. The Hall–Kier alpha value is -0.770. The fourth-order valence-electron chi connectivity index (χ4n) is 1.04. The van der Waals surface area contributed by atoms with Crippen LogP contribution in [0.2, 0.25) is 0 Å². The normalized spacial score (nSPS) is 11.6. The van der Waals surface area contributed by atoms with Crippen LogP contribution in [0.1, 0.15) is 12.6 Å². The summed E-state index contributed by atoms with van der Waals surface area (Å²) in [6.07, 6.45) is 1.67. The van der Waals surface area contributed by atoms with Crippen molar-refractivity contribution in [3.63, 3.8) is 0 Å². The molecule has 0 spiro atoms. The quantitative estimate of drug-likeness (QED) is 0.854. The highest BCUT2D eigenvalue weighted by molar-refractivity contribution is 6.36. The van der Waals surface area contributed by atoms with Gasteiger partial charge in [0.25, 0.3) is 0 Å². The third kappa shape index (κ3) is 4.84. The lowest BCUT2D eigenvalue weighted by Crippen LogP contribution is -2.12. The van der Waals surface area contributed by atoms with Gasteiger partial charge in [-0.3, -0.25) is 4.98 Å². The molecular weight excluding hydrogens is 247 g/mol. The number of halogens is 2. The molecule has 0 atom stereocenters. The van der Waals surface area contributed by atoms with Crippen molar-refractivity contribution in [3.8, 4) is 5.75 Å². The van der Waals surface area contributed by atoms with Gasteiger partial charge >= 0.3 is 0 Å². The highest BCUT2D eigenvalue weighted by Crippen LogP contribution is 2.12. The van der Waals surface area contributed by atoms with Crippen LogP contribution in [0.25, 0.3) is 0 Å². The van der Waals surface area contributed by atoms with Gasteiger partial charge in [0.05, 0.1) is 16.9 Å². The summed E-state index contributed by atoms with van der Waals surface area (Å²) in [6, 6.07) is 3.77. The SMILES string of the molecule is CCNCc1ccc(OCC(Cl)=CCl)cn1. The summed E-state index contributed by atoms with van der Waals surface area (Å²) in [4.78, 5) is 4.24. The van der Waals surface area contributed by atoms with Crippen molar-refractivity contribution in [1.82, 2.24) is 10.3 Å². The second-order valence-corrected chi connectivity index (χ2v) is 3.81. The third-order valence-corrected chi connectivity index (χ3v) is 2.44. The van der Waals surface area contributed by atoms with Crippen LogP contribution in [-0.4, -0.2) is 18.1 Å². The molecule has 1 rings (SSSR count). The number of ether oxygens (including phenoxy) is 1. The number of pyridine rings is 1. The molecule has 88 valence electrons. The van der Waals surface area contributed by atoms with Crippen molar-refractivity contribution < 1.29 is 4.74 Å². The van der Waals surface area contributed by atoms with Gasteiger partial charge in [0, 0.05) is 12.1 Å². The van der Waals surface area contributed by atoms with Crippen LogP contribution < -0.4 is 10.1 Å². The minimum Gasteiger partial charge on any atom is -0.486 e. The summed E-state index contributed by atoms with van der Waals surface area (Å²) in [6.45, 7) is 4.01. The molecule has 0 aliphatic carbocycles. The van der Waals surface area contributed by atoms with Crippen LogP contribution in [0.15, 0.2) is 28.9 Å². The van der Waals surface area contributed by atoms with Gasteiger partial charge in [-0.2, -0.15) is 0 Å². The summed E-state index contributed by atoms with van der Waals surface area (Å²) >= 11 is 11.1. The predicted molar refractivity (Wildman–Crippen MR) is 66.9 cm³/mol. The molecule has 0 saturated heterocycles. The molecule has 0 aliphatic rings. The van der Waals surface area contributed by atoms with Crippen molar-refractivity contribution in [2.45, 2.75) is 13.5 Å². The van der Waals surface area contributed by atoms with Gasteiger partial charge in [-0.25, -0.2) is 0 Å². The molecule has 0 aliphatic heterocycles. The second-order valence-electron chi connectivity index (χ2n) is 3.11. The first-order valence-corrected chi connectivity index (χ1v) is 5.81. The summed E-state index contributed by atoms with van der Waals surface area (Å²) in [5, 5.41) is 3.65. The predicted octanol–water partition coefficient (Wildman–Crippen LogP) is 2.89. The molecule has 5 heteroatoms. The molecule has 0 fully saturated rings. The Morgan fingerprint density at radius 3 is 2.94 bits per heavy atom. The van der Waals surface area contributed by atoms with E-state index in [2.05, 4.69) is 17.2 Å². The van der Waals surface area contributed by atoms with Crippen LogP contribution in [0.5, 0.6) is 5.75 Å². The number of hydrogen-bond donors (Lipinski definition) is 1. The average Bonchev–Trinajstić information content (AvgIpc) is 2.34. The Kier molecular flexibility index (Phi) is 6.23. The summed E-state index contributed by atoms with van der Waals surface area (Å²) in [5.41, 5.74) is 2.27. The Morgan fingerprint density at radius 2 is 2.38 bits per heavy atom. The molecule has 0 unspecified atom stereocenters. The van der Waals surface area contributed by atoms with E-state index in [0.29, 0.717) is 10.8 Å². The van der Waals surface area contributed by atoms with Crippen LogP contribution in [0.4, 0.5) is 0 Å². The minimum atomic E-state index is 0.263. The number of hydrogen-bond acceptors (Lipinski definition) is 3. The molecule has 3 nitrogen and oxygen atoms in total. The molecule has 1 N–H and O–H groups in total. The molecule has 0 aromatic carbocycles. The summed E-state index contributed by atoms with van der Waals surface area (Å²) in [7, 11) is 0. The van der Waals surface area contributed by atoms with Crippen molar-refractivity contribution >= 4 is 23.2 Å². The lowest BCUT2D eigenvalue weighted by molar-refractivity contribution is 0.357. The van der Waals surface area contributed by atoms with Crippen molar-refractivity contribution in [2.75, 3.05) is 13.2 Å². The molecular formula is C11H14Cl2N2O. The first-order valence-electron chi connectivity index (χ1n) is 4.99. The maximum atomic E-state index is 5.69. The van der Waals surface area contributed by atoms with Crippen LogP contribution in [-0.2, 0) is 6.54 Å². The zero-order valence-corrected chi connectivity index (χ0v) is 10.6. The topological polar surface area (TPSA) is 34.1 Å². The number of nitrogens with one attached hydrogen (secondary N) is 1. The van der Waals surface area contributed by atoms with E-state index in [1.54, 1.807) is 6.20 Å². The maximum Gasteiger partial charge on any atom is 0.138 e. The van der Waals surface area contributed by atoms with Crippen molar-refractivity contribution in [1.29, 1.82) is 0 Å². The summed E-state index contributed by atoms with van der Waals surface area (Å²) in [5.74, 6) is 0.678. The first-order chi connectivity index (χ1) is 7.76. The van der Waals surface area contributed by atoms with Crippen LogP contribution in [0, 0.1) is 0 Å². The molecule has 1 heterocycles. The Bertz CT molecular complexity index is 338. The van der Waals surface area contributed by atoms with E-state index in [9.17, 15) is 0 Å². The van der Waals surface area contributed by atoms with Gasteiger partial charge in [0.2, 0.25) is 0 Å². The average molecular weight is 261 g/mol. The zero-order valence-electron chi connectivity index (χ0n) is 9.04. The monoisotopic (exact) mass is 260 g/mol. The van der Waals surface area contributed by atoms with E-state index >= 15 is 0 Å². The van der Waals surface area contributed by atoms with E-state index in [1.807, 2.05) is 12.1 Å². The standard InChI is InChI=1S/C11H14Cl2N2O/c1-2-14-6-10-3-4-11(7-15-10)16-8-9(13)5-12/h3-5,7,14H,2,6,8H2,1H3. The van der Waals surface area contributed by atoms with Crippen molar-refractivity contribution in [2.24, 2.45) is 0 Å². The van der Waals surface area contributed by atoms with Gasteiger partial charge in [0.15, 0.2) is 0 Å². The minimum absolute atomic E-state index is 0.263. The number of nitrogens with zero attached hydrogens (tertiary/aromatic N) is 1. The van der Waals surface area contributed by atoms with Crippen LogP contribution >= 0.6 is 23.2 Å². The first kappa shape index (κ1) is 13.3. The highest BCUT2D eigenvalue weighted by Gasteiger charge is 1.98. The Balaban J connectivity index is 2.45. The molecule has 16 heavy (non-hydrogen) atoms. The molecule has 0 bridgehead atoms. The van der Waals surface area contributed by atoms with Gasteiger partial charge in [0.1, 0.15) is 12.4 Å². The molecule has 1 aromatic heterocycles. The Labute approximate surface area is 105 Å². The summed E-state index contributed by atoms with van der Waals surface area (Å²) < 4.78 is 5.35. The van der Waals surface area contributed by atoms with Gasteiger partial charge in [-0.1, -0.05) is 30.1 Å². The molecule has 0 radical (unpaired) electrons. The van der Waals surface area contributed by atoms with Gasteiger partial charge < -0.3 is 10.1 Å². The van der Waals surface area contributed by atoms with Crippen LogP contribution in [0.3, 0.4) is 0 Å². The molecule has 1 aromatic rings. The van der Waals surface area contributed by atoms with Crippen molar-refractivity contribution in [3.05, 3.63) is 34.6 Å². The Morgan fingerprint density at radius 1 is 1.56 bits per heavy atom. The third-order valence-electron chi connectivity index (χ3n) is 1.85. The lowest BCUT2D eigenvalue weighted by Gasteiger charge is -2.05. The van der Waals surface area contributed by atoms with E-state index in [4.69, 9.17) is 27.9 Å². The lowest BCUT2D eigenvalue weighted by atomic mass is 10.3. The van der Waals surface area contributed by atoms with E-state index in [1.165, 1.54) is 5.54 Å². The zero-order chi connectivity index (χ0) is 11.8. The fourth-order valence-corrected chi connectivity index (χ4v) is 1.16. The maximum absolute atomic E-state index is 5.69. The number of rotatable bonds is 6. The molecule has 0 amide bonds.